The van der Waals surface area contributed by atoms with Gasteiger partial charge in [-0.05, 0) is 25.0 Å². The summed E-state index contributed by atoms with van der Waals surface area (Å²) in [5.74, 6) is 0.567. The van der Waals surface area contributed by atoms with Crippen LogP contribution in [0.1, 0.15) is 35.7 Å². The number of hydrogen-bond donors (Lipinski definition) is 4. The third-order valence-corrected chi connectivity index (χ3v) is 6.16. The number of halogens is 1. The van der Waals surface area contributed by atoms with Gasteiger partial charge in [0.2, 0.25) is 0 Å². The van der Waals surface area contributed by atoms with Gasteiger partial charge >= 0.3 is 0 Å². The summed E-state index contributed by atoms with van der Waals surface area (Å²) in [6.07, 6.45) is 4.11. The largest absolute Gasteiger partial charge is 0.396 e. The topological polar surface area (TPSA) is 126 Å². The van der Waals surface area contributed by atoms with Gasteiger partial charge in [-0.1, -0.05) is 0 Å². The van der Waals surface area contributed by atoms with E-state index < -0.39 is 12.2 Å². The average molecular weight is 441 g/mol. The van der Waals surface area contributed by atoms with E-state index in [1.165, 1.54) is 15.3 Å². The molecule has 3 heterocycles. The van der Waals surface area contributed by atoms with Crippen LogP contribution < -0.4 is 21.5 Å². The molecule has 2 fully saturated rings. The minimum absolute atomic E-state index is 0.0386. The summed E-state index contributed by atoms with van der Waals surface area (Å²) in [5.41, 5.74) is 0.295. The molecule has 1 amide bonds. The number of amides is 1. The van der Waals surface area contributed by atoms with E-state index in [1.54, 1.807) is 31.4 Å². The summed E-state index contributed by atoms with van der Waals surface area (Å²) in [6.45, 7) is 0.424. The Hall–Kier alpha value is -3.47. The summed E-state index contributed by atoms with van der Waals surface area (Å²) in [7, 11) is 1.71. The Kier molecular flexibility index (Phi) is 4.85. The molecule has 0 radical (unpaired) electrons. The molecule has 0 aromatic carbocycles. The molecule has 2 atom stereocenters. The highest BCUT2D eigenvalue weighted by molar-refractivity contribution is 6.00. The number of rotatable bonds is 8. The van der Waals surface area contributed by atoms with Crippen molar-refractivity contribution in [1.82, 2.24) is 24.5 Å². The maximum Gasteiger partial charge on any atom is 0.274 e. The van der Waals surface area contributed by atoms with Gasteiger partial charge in [0, 0.05) is 37.7 Å². The Morgan fingerprint density at radius 2 is 2.19 bits per heavy atom. The maximum absolute atomic E-state index is 13.5. The monoisotopic (exact) mass is 441 g/mol. The third kappa shape index (κ3) is 3.58. The van der Waals surface area contributed by atoms with Gasteiger partial charge in [0.25, 0.3) is 11.5 Å². The highest BCUT2D eigenvalue weighted by Gasteiger charge is 2.42. The van der Waals surface area contributed by atoms with Gasteiger partial charge in [-0.15, -0.1) is 0 Å². The fourth-order valence-electron chi connectivity index (χ4n) is 3.74. The second kappa shape index (κ2) is 7.59. The number of aliphatic hydroxyl groups is 1. The van der Waals surface area contributed by atoms with Crippen molar-refractivity contribution in [2.45, 2.75) is 31.5 Å². The van der Waals surface area contributed by atoms with E-state index in [0.717, 1.165) is 12.8 Å². The predicted molar refractivity (Wildman–Crippen MR) is 116 cm³/mol. The van der Waals surface area contributed by atoms with Gasteiger partial charge in [0.15, 0.2) is 5.65 Å². The van der Waals surface area contributed by atoms with Crippen LogP contribution in [0.15, 0.2) is 35.4 Å². The Bertz CT molecular complexity index is 1250. The van der Waals surface area contributed by atoms with Crippen LogP contribution >= 0.6 is 0 Å². The molecule has 0 aliphatic heterocycles. The lowest BCUT2D eigenvalue weighted by atomic mass is 10.1. The summed E-state index contributed by atoms with van der Waals surface area (Å²) in [4.78, 5) is 30.0. The van der Waals surface area contributed by atoms with E-state index in [1.807, 2.05) is 0 Å². The lowest BCUT2D eigenvalue weighted by molar-refractivity contribution is 0.0936. The van der Waals surface area contributed by atoms with Gasteiger partial charge in [-0.3, -0.25) is 9.59 Å². The minimum Gasteiger partial charge on any atom is -0.396 e. The van der Waals surface area contributed by atoms with Crippen molar-refractivity contribution in [2.24, 2.45) is 5.41 Å². The van der Waals surface area contributed by atoms with Crippen LogP contribution in [0.5, 0.6) is 0 Å². The van der Waals surface area contributed by atoms with Crippen LogP contribution in [0.3, 0.4) is 0 Å². The van der Waals surface area contributed by atoms with E-state index in [9.17, 15) is 19.1 Å². The summed E-state index contributed by atoms with van der Waals surface area (Å²) in [6, 6.07) is 4.52. The molecule has 168 valence electrons. The summed E-state index contributed by atoms with van der Waals surface area (Å²) >= 11 is 0. The zero-order valence-corrected chi connectivity index (χ0v) is 17.5. The summed E-state index contributed by atoms with van der Waals surface area (Å²) < 4.78 is 16.3. The molecule has 10 nitrogen and oxygen atoms in total. The molecule has 0 spiro atoms. The van der Waals surface area contributed by atoms with Crippen molar-refractivity contribution in [3.8, 4) is 0 Å². The molecule has 5 rings (SSSR count). The molecule has 2 aliphatic rings. The molecule has 0 bridgehead atoms. The molecule has 3 aromatic heterocycles. The van der Waals surface area contributed by atoms with Crippen LogP contribution in [0.4, 0.5) is 21.7 Å². The first kappa shape index (κ1) is 20.4. The van der Waals surface area contributed by atoms with Gasteiger partial charge in [0.1, 0.15) is 29.1 Å². The van der Waals surface area contributed by atoms with E-state index >= 15 is 0 Å². The predicted octanol–water partition coefficient (Wildman–Crippen LogP) is 1.46. The average Bonchev–Trinajstić information content (AvgIpc) is 3.69. The molecule has 2 aliphatic carbocycles. The minimum atomic E-state index is -0.998. The number of aliphatic hydroxyl groups excluding tert-OH is 1. The molecular formula is C21H24FN7O3. The maximum atomic E-state index is 13.5. The SMILES string of the molecule is CNc1cc(Nc2cccn([C@H]3C[C@@H]3F)c2=O)nc2c(C(=O)NCC3(CO)CC3)cnn12. The fraction of sp³-hybridized carbons (Fsp3) is 0.429. The van der Waals surface area contributed by atoms with Crippen molar-refractivity contribution >= 4 is 28.9 Å². The number of aromatic nitrogens is 4. The van der Waals surface area contributed by atoms with Crippen molar-refractivity contribution in [2.75, 3.05) is 30.8 Å². The number of alkyl halides is 1. The quantitative estimate of drug-likeness (QED) is 0.417. The molecule has 32 heavy (non-hydrogen) atoms. The molecule has 11 heteroatoms. The number of hydrogen-bond acceptors (Lipinski definition) is 7. The van der Waals surface area contributed by atoms with Crippen LogP contribution in [0.2, 0.25) is 0 Å². The van der Waals surface area contributed by atoms with Crippen molar-refractivity contribution < 1.29 is 14.3 Å². The summed E-state index contributed by atoms with van der Waals surface area (Å²) in [5, 5.41) is 22.6. The van der Waals surface area contributed by atoms with E-state index in [4.69, 9.17) is 0 Å². The van der Waals surface area contributed by atoms with E-state index in [2.05, 4.69) is 26.0 Å². The number of nitrogens with one attached hydrogen (secondary N) is 3. The number of pyridine rings is 1. The molecule has 3 aromatic rings. The molecule has 0 saturated heterocycles. The fourth-order valence-corrected chi connectivity index (χ4v) is 3.74. The van der Waals surface area contributed by atoms with Crippen LogP contribution in [0, 0.1) is 5.41 Å². The first-order chi connectivity index (χ1) is 15.4. The van der Waals surface area contributed by atoms with Crippen LogP contribution in [0.25, 0.3) is 5.65 Å². The normalized spacial score (nSPS) is 20.7. The lowest BCUT2D eigenvalue weighted by Crippen LogP contribution is -2.31. The Balaban J connectivity index is 1.45. The zero-order chi connectivity index (χ0) is 22.5. The molecular weight excluding hydrogens is 417 g/mol. The van der Waals surface area contributed by atoms with E-state index in [0.29, 0.717) is 30.2 Å². The first-order valence-electron chi connectivity index (χ1n) is 10.5. The number of carbonyl (C=O) groups is 1. The third-order valence-electron chi connectivity index (χ3n) is 6.16. The Morgan fingerprint density at radius 1 is 1.41 bits per heavy atom. The highest BCUT2D eigenvalue weighted by atomic mass is 19.1. The smallest absolute Gasteiger partial charge is 0.274 e. The standard InChI is InChI=1S/C21H24FN7O3/c1-23-17-8-16(26-14-3-2-6-28(20(14)32)15-7-13(15)22)27-18-12(9-25-29(17)18)19(31)24-10-21(11-30)4-5-21/h2-3,6,8-9,13,15,23,30H,4-5,7,10-11H2,1H3,(H,24,31)(H,26,27)/t13-,15-/m0/s1. The van der Waals surface area contributed by atoms with Gasteiger partial charge < -0.3 is 25.6 Å². The van der Waals surface area contributed by atoms with E-state index in [-0.39, 0.29) is 34.7 Å². The van der Waals surface area contributed by atoms with Gasteiger partial charge in [-0.2, -0.15) is 9.61 Å². The second-order valence-corrected chi connectivity index (χ2v) is 8.49. The van der Waals surface area contributed by atoms with Crippen LogP contribution in [-0.2, 0) is 0 Å². The molecule has 4 N–H and O–H groups in total. The second-order valence-electron chi connectivity index (χ2n) is 8.49. The zero-order valence-electron chi connectivity index (χ0n) is 17.5. The van der Waals surface area contributed by atoms with Crippen molar-refractivity contribution in [3.63, 3.8) is 0 Å². The van der Waals surface area contributed by atoms with Crippen LogP contribution in [-0.4, -0.2) is 56.5 Å². The number of nitrogens with zero attached hydrogens (tertiary/aromatic N) is 4. The number of carbonyl (C=O) groups excluding carboxylic acids is 1. The number of fused-ring (bicyclic) bond motifs is 1. The highest BCUT2D eigenvalue weighted by Crippen LogP contribution is 2.44. The lowest BCUT2D eigenvalue weighted by Gasteiger charge is -2.13. The Labute approximate surface area is 182 Å². The number of anilines is 3. The van der Waals surface area contributed by atoms with Gasteiger partial charge in [0.05, 0.1) is 18.8 Å². The molecule has 2 saturated carbocycles. The Morgan fingerprint density at radius 3 is 2.84 bits per heavy atom. The molecule has 0 unspecified atom stereocenters. The van der Waals surface area contributed by atoms with Crippen molar-refractivity contribution in [3.05, 3.63) is 46.5 Å². The van der Waals surface area contributed by atoms with Crippen molar-refractivity contribution in [1.29, 1.82) is 0 Å². The van der Waals surface area contributed by atoms with Gasteiger partial charge in [-0.25, -0.2) is 9.37 Å². The first-order valence-corrected chi connectivity index (χ1v) is 10.5.